The third-order valence-corrected chi connectivity index (χ3v) is 5.29. The van der Waals surface area contributed by atoms with Crippen LogP contribution in [-0.4, -0.2) is 41.5 Å². The lowest BCUT2D eigenvalue weighted by Gasteiger charge is -2.27. The second-order valence-electron chi connectivity index (χ2n) is 7.52. The highest BCUT2D eigenvalue weighted by Gasteiger charge is 2.44. The Balaban J connectivity index is 1.68. The van der Waals surface area contributed by atoms with Crippen molar-refractivity contribution in [3.05, 3.63) is 71.8 Å². The van der Waals surface area contributed by atoms with Crippen molar-refractivity contribution in [3.8, 4) is 0 Å². The molecule has 0 bridgehead atoms. The molecule has 0 aliphatic heterocycles. The Morgan fingerprint density at radius 2 is 1.11 bits per heavy atom. The number of carbonyl (C=O) groups excluding carboxylic acids is 3. The van der Waals surface area contributed by atoms with E-state index in [1.54, 1.807) is 23.9 Å². The molecule has 0 radical (unpaired) electrons. The van der Waals surface area contributed by atoms with Gasteiger partial charge in [-0.3, -0.25) is 14.4 Å². The second kappa shape index (κ2) is 8.83. The van der Waals surface area contributed by atoms with E-state index in [2.05, 4.69) is 0 Å². The first kappa shape index (κ1) is 19.8. The van der Waals surface area contributed by atoms with Crippen LogP contribution in [0.1, 0.15) is 24.0 Å². The SMILES string of the molecule is CN(Cc1ccccc1)C(=O)[C@@H]1CC(=O)C[C@H]1C(=O)N(C)Cc1ccccc1. The molecule has 2 amide bonds. The predicted molar refractivity (Wildman–Crippen MR) is 107 cm³/mol. The summed E-state index contributed by atoms with van der Waals surface area (Å²) < 4.78 is 0. The monoisotopic (exact) mass is 378 g/mol. The molecule has 1 aliphatic rings. The number of amides is 2. The normalized spacial score (nSPS) is 18.7. The van der Waals surface area contributed by atoms with Crippen LogP contribution in [0.15, 0.2) is 60.7 Å². The first-order valence-electron chi connectivity index (χ1n) is 9.55. The zero-order valence-corrected chi connectivity index (χ0v) is 16.4. The molecule has 28 heavy (non-hydrogen) atoms. The van der Waals surface area contributed by atoms with Gasteiger partial charge in [-0.1, -0.05) is 60.7 Å². The van der Waals surface area contributed by atoms with Crippen LogP contribution in [0, 0.1) is 11.8 Å². The highest BCUT2D eigenvalue weighted by atomic mass is 16.2. The van der Waals surface area contributed by atoms with E-state index in [9.17, 15) is 14.4 Å². The maximum absolute atomic E-state index is 13.0. The summed E-state index contributed by atoms with van der Waals surface area (Å²) in [5, 5.41) is 0. The molecule has 0 saturated heterocycles. The van der Waals surface area contributed by atoms with Gasteiger partial charge < -0.3 is 9.80 Å². The van der Waals surface area contributed by atoms with Gasteiger partial charge in [0.25, 0.3) is 0 Å². The Morgan fingerprint density at radius 1 is 0.750 bits per heavy atom. The Hall–Kier alpha value is -2.95. The van der Waals surface area contributed by atoms with Crippen molar-refractivity contribution >= 4 is 17.6 Å². The van der Waals surface area contributed by atoms with Crippen molar-refractivity contribution in [2.45, 2.75) is 25.9 Å². The van der Waals surface area contributed by atoms with E-state index in [0.717, 1.165) is 11.1 Å². The molecule has 2 aromatic rings. The smallest absolute Gasteiger partial charge is 0.226 e. The number of ketones is 1. The van der Waals surface area contributed by atoms with Crippen LogP contribution in [0.5, 0.6) is 0 Å². The summed E-state index contributed by atoms with van der Waals surface area (Å²) in [7, 11) is 3.46. The van der Waals surface area contributed by atoms with Crippen molar-refractivity contribution in [2.24, 2.45) is 11.8 Å². The van der Waals surface area contributed by atoms with Gasteiger partial charge in [0.15, 0.2) is 0 Å². The molecule has 2 aromatic carbocycles. The van der Waals surface area contributed by atoms with Gasteiger partial charge in [0.1, 0.15) is 5.78 Å². The van der Waals surface area contributed by atoms with E-state index < -0.39 is 11.8 Å². The third-order valence-electron chi connectivity index (χ3n) is 5.29. The van der Waals surface area contributed by atoms with Crippen LogP contribution in [0.3, 0.4) is 0 Å². The van der Waals surface area contributed by atoms with E-state index in [-0.39, 0.29) is 30.4 Å². The molecule has 0 unspecified atom stereocenters. The summed E-state index contributed by atoms with van der Waals surface area (Å²) in [5.41, 5.74) is 2.04. The zero-order valence-electron chi connectivity index (χ0n) is 16.4. The van der Waals surface area contributed by atoms with Crippen molar-refractivity contribution in [3.63, 3.8) is 0 Å². The number of nitrogens with zero attached hydrogens (tertiary/aromatic N) is 2. The zero-order chi connectivity index (χ0) is 20.1. The van der Waals surface area contributed by atoms with Gasteiger partial charge in [0.2, 0.25) is 11.8 Å². The van der Waals surface area contributed by atoms with E-state index in [1.165, 1.54) is 0 Å². The summed E-state index contributed by atoms with van der Waals surface area (Å²) in [6, 6.07) is 19.4. The third kappa shape index (κ3) is 4.66. The molecule has 146 valence electrons. The molecular weight excluding hydrogens is 352 g/mol. The lowest BCUT2D eigenvalue weighted by Crippen LogP contribution is -2.40. The van der Waals surface area contributed by atoms with Gasteiger partial charge in [0, 0.05) is 40.0 Å². The molecule has 2 atom stereocenters. The average molecular weight is 378 g/mol. The Morgan fingerprint density at radius 3 is 1.46 bits per heavy atom. The van der Waals surface area contributed by atoms with Gasteiger partial charge in [-0.25, -0.2) is 0 Å². The van der Waals surface area contributed by atoms with Crippen LogP contribution in [-0.2, 0) is 27.5 Å². The van der Waals surface area contributed by atoms with Crippen molar-refractivity contribution in [1.82, 2.24) is 9.80 Å². The predicted octanol–water partition coefficient (Wildman–Crippen LogP) is 2.90. The molecule has 5 heteroatoms. The molecule has 0 N–H and O–H groups in total. The summed E-state index contributed by atoms with van der Waals surface area (Å²) in [5.74, 6) is -1.45. The minimum atomic E-state index is -0.577. The fourth-order valence-corrected chi connectivity index (χ4v) is 3.81. The van der Waals surface area contributed by atoms with Gasteiger partial charge >= 0.3 is 0 Å². The Bertz CT molecular complexity index is 766. The maximum Gasteiger partial charge on any atom is 0.226 e. The van der Waals surface area contributed by atoms with E-state index in [1.807, 2.05) is 60.7 Å². The van der Waals surface area contributed by atoms with Crippen LogP contribution in [0.2, 0.25) is 0 Å². The molecule has 5 nitrogen and oxygen atoms in total. The standard InChI is InChI=1S/C23H26N2O3/c1-24(15-17-9-5-3-6-10-17)22(27)20-13-19(26)14-21(20)23(28)25(2)16-18-11-7-4-8-12-18/h3-12,20-21H,13-16H2,1-2H3/t20-,21-/m1/s1. The number of hydrogen-bond acceptors (Lipinski definition) is 3. The van der Waals surface area contributed by atoms with Gasteiger partial charge in [0.05, 0.1) is 11.8 Å². The second-order valence-corrected chi connectivity index (χ2v) is 7.52. The molecule has 0 spiro atoms. The average Bonchev–Trinajstić information content (AvgIpc) is 3.09. The molecule has 3 rings (SSSR count). The van der Waals surface area contributed by atoms with E-state index in [0.29, 0.717) is 13.1 Å². The van der Waals surface area contributed by atoms with Crippen LogP contribution >= 0.6 is 0 Å². The van der Waals surface area contributed by atoms with Gasteiger partial charge in [-0.2, -0.15) is 0 Å². The maximum atomic E-state index is 13.0. The summed E-state index contributed by atoms with van der Waals surface area (Å²) >= 11 is 0. The van der Waals surface area contributed by atoms with E-state index >= 15 is 0 Å². The Labute approximate surface area is 166 Å². The van der Waals surface area contributed by atoms with Crippen LogP contribution in [0.4, 0.5) is 0 Å². The molecule has 0 heterocycles. The molecular formula is C23H26N2O3. The van der Waals surface area contributed by atoms with E-state index in [4.69, 9.17) is 0 Å². The summed E-state index contributed by atoms with van der Waals surface area (Å²) in [4.78, 5) is 41.3. The number of benzene rings is 2. The topological polar surface area (TPSA) is 57.7 Å². The number of carbonyl (C=O) groups is 3. The number of hydrogen-bond donors (Lipinski definition) is 0. The minimum Gasteiger partial charge on any atom is -0.341 e. The quantitative estimate of drug-likeness (QED) is 0.777. The van der Waals surface area contributed by atoms with Crippen LogP contribution in [0.25, 0.3) is 0 Å². The minimum absolute atomic E-state index is 0.0158. The largest absolute Gasteiger partial charge is 0.341 e. The number of Topliss-reactive ketones (excluding diaryl/α,β-unsaturated/α-hetero) is 1. The van der Waals surface area contributed by atoms with Crippen LogP contribution < -0.4 is 0 Å². The first-order valence-corrected chi connectivity index (χ1v) is 9.55. The molecule has 1 saturated carbocycles. The Kier molecular flexibility index (Phi) is 6.24. The van der Waals surface area contributed by atoms with Gasteiger partial charge in [-0.15, -0.1) is 0 Å². The first-order chi connectivity index (χ1) is 13.5. The highest BCUT2D eigenvalue weighted by molar-refractivity contribution is 5.98. The lowest BCUT2D eigenvalue weighted by molar-refractivity contribution is -0.144. The fourth-order valence-electron chi connectivity index (χ4n) is 3.81. The molecule has 0 aromatic heterocycles. The van der Waals surface area contributed by atoms with Crippen molar-refractivity contribution < 1.29 is 14.4 Å². The fraction of sp³-hybridized carbons (Fsp3) is 0.348. The van der Waals surface area contributed by atoms with Crippen molar-refractivity contribution in [1.29, 1.82) is 0 Å². The summed E-state index contributed by atoms with van der Waals surface area (Å²) in [6.45, 7) is 0.927. The number of rotatable bonds is 6. The van der Waals surface area contributed by atoms with Gasteiger partial charge in [-0.05, 0) is 11.1 Å². The van der Waals surface area contributed by atoms with Crippen molar-refractivity contribution in [2.75, 3.05) is 14.1 Å². The highest BCUT2D eigenvalue weighted by Crippen LogP contribution is 2.32. The summed E-state index contributed by atoms with van der Waals surface area (Å²) in [6.07, 6.45) is 0.293. The lowest BCUT2D eigenvalue weighted by atomic mass is 9.93. The molecule has 1 fully saturated rings. The molecule has 1 aliphatic carbocycles.